The molecule has 0 aliphatic heterocycles. The zero-order chi connectivity index (χ0) is 21.6. The molecule has 0 fully saturated rings. The Labute approximate surface area is 177 Å². The van der Waals surface area contributed by atoms with Crippen molar-refractivity contribution >= 4 is 0 Å². The number of hydrogen-bond acceptors (Lipinski definition) is 3. The normalized spacial score (nSPS) is 18.6. The standard InChI is InChI=1S/C25H52O3/c1-10-14-15-16-17-18-19-24(20(5)6)25(26-21(7)11-2,27-22(8)12-3)28-23(9)13-4/h20-24H,10-19H2,1-9H3. The molecule has 0 aromatic heterocycles. The summed E-state index contributed by atoms with van der Waals surface area (Å²) < 4.78 is 19.8. The van der Waals surface area contributed by atoms with Crippen LogP contribution in [0, 0.1) is 11.8 Å². The van der Waals surface area contributed by atoms with Gasteiger partial charge in [0.05, 0.1) is 18.3 Å². The monoisotopic (exact) mass is 400 g/mol. The summed E-state index contributed by atoms with van der Waals surface area (Å²) in [5, 5.41) is 0. The Morgan fingerprint density at radius 1 is 0.571 bits per heavy atom. The third-order valence-corrected chi connectivity index (χ3v) is 5.95. The second-order valence-electron chi connectivity index (χ2n) is 9.02. The van der Waals surface area contributed by atoms with E-state index >= 15 is 0 Å². The van der Waals surface area contributed by atoms with Crippen molar-refractivity contribution in [1.29, 1.82) is 0 Å². The predicted octanol–water partition coefficient (Wildman–Crippen LogP) is 8.11. The molecule has 3 nitrogen and oxygen atoms in total. The predicted molar refractivity (Wildman–Crippen MR) is 122 cm³/mol. The Morgan fingerprint density at radius 2 is 0.964 bits per heavy atom. The van der Waals surface area contributed by atoms with E-state index in [1.165, 1.54) is 38.5 Å². The van der Waals surface area contributed by atoms with Crippen molar-refractivity contribution in [3.63, 3.8) is 0 Å². The van der Waals surface area contributed by atoms with Gasteiger partial charge in [-0.1, -0.05) is 80.1 Å². The van der Waals surface area contributed by atoms with Gasteiger partial charge in [0.25, 0.3) is 5.97 Å². The quantitative estimate of drug-likeness (QED) is 0.172. The summed E-state index contributed by atoms with van der Waals surface area (Å²) in [5.74, 6) is -0.277. The summed E-state index contributed by atoms with van der Waals surface area (Å²) in [7, 11) is 0. The van der Waals surface area contributed by atoms with Gasteiger partial charge in [0, 0.05) is 5.92 Å². The Hall–Kier alpha value is -0.120. The van der Waals surface area contributed by atoms with Crippen LogP contribution in [0.15, 0.2) is 0 Å². The van der Waals surface area contributed by atoms with Crippen molar-refractivity contribution in [3.8, 4) is 0 Å². The van der Waals surface area contributed by atoms with Crippen molar-refractivity contribution in [1.82, 2.24) is 0 Å². The molecule has 4 atom stereocenters. The molecule has 0 spiro atoms. The van der Waals surface area contributed by atoms with E-state index in [1.54, 1.807) is 0 Å². The van der Waals surface area contributed by atoms with E-state index in [0.29, 0.717) is 5.92 Å². The highest BCUT2D eigenvalue weighted by atomic mass is 16.9. The van der Waals surface area contributed by atoms with Gasteiger partial charge in [-0.05, 0) is 52.4 Å². The van der Waals surface area contributed by atoms with Gasteiger partial charge < -0.3 is 14.2 Å². The Morgan fingerprint density at radius 3 is 1.32 bits per heavy atom. The van der Waals surface area contributed by atoms with E-state index in [-0.39, 0.29) is 24.2 Å². The lowest BCUT2D eigenvalue weighted by atomic mass is 9.87. The maximum absolute atomic E-state index is 6.61. The molecule has 3 heteroatoms. The molecule has 0 aliphatic carbocycles. The first-order valence-corrected chi connectivity index (χ1v) is 12.3. The van der Waals surface area contributed by atoms with Crippen LogP contribution < -0.4 is 0 Å². The van der Waals surface area contributed by atoms with Gasteiger partial charge in [0.1, 0.15) is 0 Å². The number of rotatable bonds is 18. The molecule has 28 heavy (non-hydrogen) atoms. The summed E-state index contributed by atoms with van der Waals surface area (Å²) in [6.07, 6.45) is 12.1. The first-order valence-electron chi connectivity index (χ1n) is 12.3. The summed E-state index contributed by atoms with van der Waals surface area (Å²) >= 11 is 0. The average Bonchev–Trinajstić information content (AvgIpc) is 2.66. The van der Waals surface area contributed by atoms with Crippen LogP contribution in [0.3, 0.4) is 0 Å². The molecule has 0 heterocycles. The van der Waals surface area contributed by atoms with Crippen molar-refractivity contribution < 1.29 is 14.2 Å². The van der Waals surface area contributed by atoms with E-state index in [9.17, 15) is 0 Å². The largest absolute Gasteiger partial charge is 0.324 e. The Bertz CT molecular complexity index is 324. The van der Waals surface area contributed by atoms with E-state index < -0.39 is 5.97 Å². The smallest absolute Gasteiger partial charge is 0.286 e. The van der Waals surface area contributed by atoms with Crippen LogP contribution in [0.5, 0.6) is 0 Å². The third kappa shape index (κ3) is 10.6. The van der Waals surface area contributed by atoms with Crippen molar-refractivity contribution in [2.45, 2.75) is 151 Å². The van der Waals surface area contributed by atoms with E-state index in [0.717, 1.165) is 25.7 Å². The minimum atomic E-state index is -0.947. The van der Waals surface area contributed by atoms with E-state index in [4.69, 9.17) is 14.2 Å². The molecule has 0 aliphatic rings. The molecule has 0 N–H and O–H groups in total. The maximum Gasteiger partial charge on any atom is 0.286 e. The Balaban J connectivity index is 5.51. The van der Waals surface area contributed by atoms with Crippen LogP contribution in [0.25, 0.3) is 0 Å². The fourth-order valence-electron chi connectivity index (χ4n) is 3.50. The van der Waals surface area contributed by atoms with Gasteiger partial charge in [-0.15, -0.1) is 0 Å². The molecular formula is C25H52O3. The van der Waals surface area contributed by atoms with Crippen LogP contribution in [-0.4, -0.2) is 24.3 Å². The van der Waals surface area contributed by atoms with Crippen LogP contribution >= 0.6 is 0 Å². The SMILES string of the molecule is CCCCCCCCC(C(C)C)C(OC(C)CC)(OC(C)CC)OC(C)CC. The summed E-state index contributed by atoms with van der Waals surface area (Å²) in [6, 6.07) is 0. The number of unbranched alkanes of at least 4 members (excludes halogenated alkanes) is 5. The molecule has 0 amide bonds. The van der Waals surface area contributed by atoms with Crippen molar-refractivity contribution in [2.75, 3.05) is 0 Å². The molecule has 0 aromatic rings. The van der Waals surface area contributed by atoms with E-state index in [2.05, 4.69) is 62.3 Å². The van der Waals surface area contributed by atoms with Crippen LogP contribution in [0.4, 0.5) is 0 Å². The molecular weight excluding hydrogens is 348 g/mol. The lowest BCUT2D eigenvalue weighted by Gasteiger charge is -2.45. The second kappa shape index (κ2) is 15.7. The van der Waals surface area contributed by atoms with Crippen LogP contribution in [-0.2, 0) is 14.2 Å². The lowest BCUT2D eigenvalue weighted by Crippen LogP contribution is -2.53. The minimum Gasteiger partial charge on any atom is -0.324 e. The van der Waals surface area contributed by atoms with Gasteiger partial charge in [0.15, 0.2) is 0 Å². The highest BCUT2D eigenvalue weighted by molar-refractivity contribution is 4.79. The fourth-order valence-corrected chi connectivity index (χ4v) is 3.50. The minimum absolute atomic E-state index is 0.110. The molecule has 170 valence electrons. The van der Waals surface area contributed by atoms with Gasteiger partial charge in [-0.3, -0.25) is 0 Å². The third-order valence-electron chi connectivity index (χ3n) is 5.95. The van der Waals surface area contributed by atoms with Crippen LogP contribution in [0.1, 0.15) is 127 Å². The van der Waals surface area contributed by atoms with E-state index in [1.807, 2.05) is 0 Å². The first kappa shape index (κ1) is 27.9. The number of hydrogen-bond donors (Lipinski definition) is 0. The molecule has 0 saturated heterocycles. The topological polar surface area (TPSA) is 27.7 Å². The molecule has 0 bridgehead atoms. The molecule has 0 saturated carbocycles. The van der Waals surface area contributed by atoms with Gasteiger partial charge in [-0.25, -0.2) is 0 Å². The summed E-state index contributed by atoms with van der Waals surface area (Å²) in [6.45, 7) is 19.8. The van der Waals surface area contributed by atoms with Crippen molar-refractivity contribution in [3.05, 3.63) is 0 Å². The first-order chi connectivity index (χ1) is 13.3. The van der Waals surface area contributed by atoms with Gasteiger partial charge >= 0.3 is 0 Å². The number of ether oxygens (including phenoxy) is 3. The Kier molecular flexibility index (Phi) is 15.6. The zero-order valence-electron chi connectivity index (χ0n) is 20.7. The van der Waals surface area contributed by atoms with Crippen molar-refractivity contribution in [2.24, 2.45) is 11.8 Å². The highest BCUT2D eigenvalue weighted by Crippen LogP contribution is 2.39. The maximum atomic E-state index is 6.61. The molecule has 0 aromatic carbocycles. The van der Waals surface area contributed by atoms with Gasteiger partial charge in [0.2, 0.25) is 0 Å². The second-order valence-corrected chi connectivity index (χ2v) is 9.02. The summed E-state index contributed by atoms with van der Waals surface area (Å²) in [4.78, 5) is 0. The highest BCUT2D eigenvalue weighted by Gasteiger charge is 2.47. The van der Waals surface area contributed by atoms with Crippen LogP contribution in [0.2, 0.25) is 0 Å². The lowest BCUT2D eigenvalue weighted by molar-refractivity contribution is -0.441. The molecule has 0 rings (SSSR count). The van der Waals surface area contributed by atoms with Gasteiger partial charge in [-0.2, -0.15) is 0 Å². The summed E-state index contributed by atoms with van der Waals surface area (Å²) in [5.41, 5.74) is 0. The fraction of sp³-hybridized carbons (Fsp3) is 1.00. The zero-order valence-corrected chi connectivity index (χ0v) is 20.7. The molecule has 4 unspecified atom stereocenters. The average molecular weight is 401 g/mol. The molecule has 0 radical (unpaired) electrons.